The third-order valence-electron chi connectivity index (χ3n) is 2.48. The molecule has 1 aliphatic rings. The molecular weight excluding hydrogens is 182 g/mol. The zero-order valence-corrected chi connectivity index (χ0v) is 8.95. The van der Waals surface area contributed by atoms with E-state index in [4.69, 9.17) is 0 Å². The number of methoxy groups -OCH3 is 1. The minimum absolute atomic E-state index is 0.210. The van der Waals surface area contributed by atoms with Crippen LogP contribution >= 0.6 is 0 Å². The maximum atomic E-state index is 11.2. The molecule has 1 heterocycles. The van der Waals surface area contributed by atoms with Crippen molar-refractivity contribution >= 4 is 6.09 Å². The van der Waals surface area contributed by atoms with E-state index in [2.05, 4.69) is 15.0 Å². The lowest BCUT2D eigenvalue weighted by molar-refractivity contribution is 0.0915. The summed E-state index contributed by atoms with van der Waals surface area (Å²) < 4.78 is 4.66. The van der Waals surface area contributed by atoms with Gasteiger partial charge in [0.1, 0.15) is 0 Å². The largest absolute Gasteiger partial charge is 0.453 e. The molecule has 0 spiro atoms. The number of amides is 1. The molecule has 0 bridgehead atoms. The molecule has 0 aromatic carbocycles. The average molecular weight is 201 g/mol. The summed E-state index contributed by atoms with van der Waals surface area (Å²) in [6.45, 7) is 5.48. The van der Waals surface area contributed by atoms with Crippen LogP contribution in [0.3, 0.4) is 0 Å². The van der Waals surface area contributed by atoms with Crippen molar-refractivity contribution in [1.82, 2.24) is 15.1 Å². The third kappa shape index (κ3) is 3.16. The van der Waals surface area contributed by atoms with Gasteiger partial charge in [-0.1, -0.05) is 0 Å². The Kier molecular flexibility index (Phi) is 4.69. The van der Waals surface area contributed by atoms with Crippen LogP contribution in [0.1, 0.15) is 0 Å². The Bertz CT molecular complexity index is 179. The van der Waals surface area contributed by atoms with Gasteiger partial charge < -0.3 is 15.0 Å². The van der Waals surface area contributed by atoms with Gasteiger partial charge in [0.15, 0.2) is 0 Å². The SMILES string of the molecule is CNCCN1CCN(C(=O)OC)CC1. The van der Waals surface area contributed by atoms with Gasteiger partial charge in [0.25, 0.3) is 0 Å². The second-order valence-corrected chi connectivity index (χ2v) is 3.40. The van der Waals surface area contributed by atoms with E-state index in [9.17, 15) is 4.79 Å². The Hall–Kier alpha value is -0.810. The number of rotatable bonds is 3. The maximum absolute atomic E-state index is 11.2. The Morgan fingerprint density at radius 2 is 2.00 bits per heavy atom. The summed E-state index contributed by atoms with van der Waals surface area (Å²) in [6.07, 6.45) is -0.210. The number of piperazine rings is 1. The summed E-state index contributed by atoms with van der Waals surface area (Å²) in [5, 5.41) is 3.11. The van der Waals surface area contributed by atoms with Crippen LogP contribution in [0.25, 0.3) is 0 Å². The van der Waals surface area contributed by atoms with E-state index in [0.29, 0.717) is 0 Å². The van der Waals surface area contributed by atoms with Crippen molar-refractivity contribution in [2.45, 2.75) is 0 Å². The fourth-order valence-electron chi connectivity index (χ4n) is 1.55. The highest BCUT2D eigenvalue weighted by atomic mass is 16.5. The van der Waals surface area contributed by atoms with Crippen LogP contribution in [0.4, 0.5) is 4.79 Å². The van der Waals surface area contributed by atoms with E-state index in [1.54, 1.807) is 4.90 Å². The van der Waals surface area contributed by atoms with E-state index >= 15 is 0 Å². The Labute approximate surface area is 85.0 Å². The molecule has 82 valence electrons. The van der Waals surface area contributed by atoms with Gasteiger partial charge in [-0.25, -0.2) is 4.79 Å². The standard InChI is InChI=1S/C9H19N3O2/c1-10-3-4-11-5-7-12(8-6-11)9(13)14-2/h10H,3-8H2,1-2H3. The van der Waals surface area contributed by atoms with Gasteiger partial charge in [0.2, 0.25) is 0 Å². The van der Waals surface area contributed by atoms with Crippen molar-refractivity contribution < 1.29 is 9.53 Å². The van der Waals surface area contributed by atoms with E-state index < -0.39 is 0 Å². The molecule has 0 saturated carbocycles. The normalized spacial score (nSPS) is 18.3. The molecule has 0 aromatic heterocycles. The van der Waals surface area contributed by atoms with Crippen molar-refractivity contribution in [3.63, 3.8) is 0 Å². The van der Waals surface area contributed by atoms with Gasteiger partial charge in [0.05, 0.1) is 7.11 Å². The monoisotopic (exact) mass is 201 g/mol. The minimum Gasteiger partial charge on any atom is -0.453 e. The van der Waals surface area contributed by atoms with Crippen molar-refractivity contribution in [3.05, 3.63) is 0 Å². The predicted octanol–water partition coefficient (Wildman–Crippen LogP) is -0.410. The molecular formula is C9H19N3O2. The number of carbonyl (C=O) groups excluding carboxylic acids is 1. The number of ether oxygens (including phenoxy) is 1. The summed E-state index contributed by atoms with van der Waals surface area (Å²) in [5.41, 5.74) is 0. The molecule has 1 fully saturated rings. The molecule has 5 nitrogen and oxygen atoms in total. The molecule has 0 unspecified atom stereocenters. The highest BCUT2D eigenvalue weighted by molar-refractivity contribution is 5.67. The van der Waals surface area contributed by atoms with E-state index in [-0.39, 0.29) is 6.09 Å². The van der Waals surface area contributed by atoms with Gasteiger partial charge in [-0.05, 0) is 7.05 Å². The third-order valence-corrected chi connectivity index (χ3v) is 2.48. The summed E-state index contributed by atoms with van der Waals surface area (Å²) >= 11 is 0. The van der Waals surface area contributed by atoms with Crippen LogP contribution in [0.15, 0.2) is 0 Å². The molecule has 14 heavy (non-hydrogen) atoms. The lowest BCUT2D eigenvalue weighted by atomic mass is 10.3. The molecule has 5 heteroatoms. The van der Waals surface area contributed by atoms with Gasteiger partial charge in [0, 0.05) is 39.3 Å². The highest BCUT2D eigenvalue weighted by Gasteiger charge is 2.20. The van der Waals surface area contributed by atoms with Crippen LogP contribution in [-0.4, -0.2) is 69.3 Å². The molecule has 1 rings (SSSR count). The van der Waals surface area contributed by atoms with Crippen LogP contribution in [-0.2, 0) is 4.74 Å². The van der Waals surface area contributed by atoms with Crippen molar-refractivity contribution in [2.24, 2.45) is 0 Å². The van der Waals surface area contributed by atoms with Gasteiger partial charge in [-0.15, -0.1) is 0 Å². The van der Waals surface area contributed by atoms with Gasteiger partial charge in [-0.2, -0.15) is 0 Å². The summed E-state index contributed by atoms with van der Waals surface area (Å²) in [4.78, 5) is 15.2. The molecule has 0 atom stereocenters. The van der Waals surface area contributed by atoms with Gasteiger partial charge in [-0.3, -0.25) is 4.90 Å². The van der Waals surface area contributed by atoms with Crippen LogP contribution in [0.5, 0.6) is 0 Å². The topological polar surface area (TPSA) is 44.8 Å². The lowest BCUT2D eigenvalue weighted by Crippen LogP contribution is -2.49. The Balaban J connectivity index is 2.20. The smallest absolute Gasteiger partial charge is 0.409 e. The van der Waals surface area contributed by atoms with E-state index in [1.165, 1.54) is 7.11 Å². The van der Waals surface area contributed by atoms with E-state index in [1.807, 2.05) is 7.05 Å². The van der Waals surface area contributed by atoms with E-state index in [0.717, 1.165) is 39.3 Å². The fourth-order valence-corrected chi connectivity index (χ4v) is 1.55. The molecule has 1 N–H and O–H groups in total. The number of likely N-dealkylation sites (N-methyl/N-ethyl adjacent to an activating group) is 1. The molecule has 0 radical (unpaired) electrons. The first-order valence-electron chi connectivity index (χ1n) is 4.97. The van der Waals surface area contributed by atoms with Crippen LogP contribution in [0, 0.1) is 0 Å². The Morgan fingerprint density at radius 1 is 1.36 bits per heavy atom. The lowest BCUT2D eigenvalue weighted by Gasteiger charge is -2.33. The molecule has 0 aromatic rings. The number of hydrogen-bond donors (Lipinski definition) is 1. The van der Waals surface area contributed by atoms with Gasteiger partial charge >= 0.3 is 6.09 Å². The number of nitrogens with zero attached hydrogens (tertiary/aromatic N) is 2. The Morgan fingerprint density at radius 3 is 2.50 bits per heavy atom. The number of carbonyl (C=O) groups is 1. The van der Waals surface area contributed by atoms with Crippen molar-refractivity contribution in [3.8, 4) is 0 Å². The maximum Gasteiger partial charge on any atom is 0.409 e. The molecule has 1 aliphatic heterocycles. The number of nitrogens with one attached hydrogen (secondary N) is 1. The zero-order chi connectivity index (χ0) is 10.4. The van der Waals surface area contributed by atoms with Crippen LogP contribution in [0.2, 0.25) is 0 Å². The van der Waals surface area contributed by atoms with Crippen LogP contribution < -0.4 is 5.32 Å². The predicted molar refractivity (Wildman–Crippen MR) is 54.3 cm³/mol. The molecule has 0 aliphatic carbocycles. The highest BCUT2D eigenvalue weighted by Crippen LogP contribution is 2.02. The first-order valence-corrected chi connectivity index (χ1v) is 4.97. The van der Waals surface area contributed by atoms with Crippen molar-refractivity contribution in [1.29, 1.82) is 0 Å². The fraction of sp³-hybridized carbons (Fsp3) is 0.889. The second-order valence-electron chi connectivity index (χ2n) is 3.40. The van der Waals surface area contributed by atoms with Crippen molar-refractivity contribution in [2.75, 3.05) is 53.4 Å². The number of hydrogen-bond acceptors (Lipinski definition) is 4. The molecule has 1 amide bonds. The summed E-state index contributed by atoms with van der Waals surface area (Å²) in [6, 6.07) is 0. The quantitative estimate of drug-likeness (QED) is 0.674. The first kappa shape index (κ1) is 11.3. The molecule has 1 saturated heterocycles. The summed E-state index contributed by atoms with van der Waals surface area (Å²) in [7, 11) is 3.38. The zero-order valence-electron chi connectivity index (χ0n) is 8.95. The minimum atomic E-state index is -0.210. The summed E-state index contributed by atoms with van der Waals surface area (Å²) in [5.74, 6) is 0. The second kappa shape index (κ2) is 5.82. The first-order chi connectivity index (χ1) is 6.77. The average Bonchev–Trinajstić information content (AvgIpc) is 2.26.